The molecule has 0 radical (unpaired) electrons. The molecule has 2 aromatic carbocycles. The summed E-state index contributed by atoms with van der Waals surface area (Å²) in [6.45, 7) is 3.26. The van der Waals surface area contributed by atoms with Crippen LogP contribution in [0.4, 0.5) is 10.1 Å². The molecule has 1 N–H and O–H groups in total. The monoisotopic (exact) mass is 390 g/mol. The van der Waals surface area contributed by atoms with E-state index in [-0.39, 0.29) is 17.8 Å². The van der Waals surface area contributed by atoms with Crippen LogP contribution >= 0.6 is 15.9 Å². The first kappa shape index (κ1) is 17.0. The van der Waals surface area contributed by atoms with E-state index >= 15 is 0 Å². The van der Waals surface area contributed by atoms with E-state index < -0.39 is 0 Å². The first-order valence-electron chi connectivity index (χ1n) is 8.10. The summed E-state index contributed by atoms with van der Waals surface area (Å²) in [6.07, 6.45) is 1.83. The minimum Gasteiger partial charge on any atom is -0.378 e. The van der Waals surface area contributed by atoms with E-state index in [4.69, 9.17) is 0 Å². The molecule has 126 valence electrons. The Morgan fingerprint density at radius 3 is 2.92 bits per heavy atom. The number of piperidine rings is 1. The van der Waals surface area contributed by atoms with Crippen LogP contribution in [-0.2, 0) is 0 Å². The third-order valence-corrected chi connectivity index (χ3v) is 4.75. The zero-order valence-electron chi connectivity index (χ0n) is 13.6. The summed E-state index contributed by atoms with van der Waals surface area (Å²) < 4.78 is 14.8. The average molecular weight is 391 g/mol. The van der Waals surface area contributed by atoms with Gasteiger partial charge in [-0.15, -0.1) is 0 Å². The van der Waals surface area contributed by atoms with Gasteiger partial charge >= 0.3 is 0 Å². The summed E-state index contributed by atoms with van der Waals surface area (Å²) in [5, 5.41) is 3.26. The van der Waals surface area contributed by atoms with Gasteiger partial charge in [-0.2, -0.15) is 0 Å². The van der Waals surface area contributed by atoms with Crippen molar-refractivity contribution in [1.82, 2.24) is 4.90 Å². The molecule has 1 heterocycles. The lowest BCUT2D eigenvalue weighted by Crippen LogP contribution is -2.45. The first-order chi connectivity index (χ1) is 11.5. The zero-order chi connectivity index (χ0) is 17.1. The maximum absolute atomic E-state index is 13.9. The Labute approximate surface area is 150 Å². The standard InChI is InChI=1S/C19H20BrFN2O/c1-13-7-8-17(21)18(10-13)22-16-6-3-9-23(12-16)19(24)14-4-2-5-15(20)11-14/h2,4-5,7-8,10-11,16,22H,3,6,9,12H2,1H3/t16-/m1/s1. The van der Waals surface area contributed by atoms with Gasteiger partial charge in [0.2, 0.25) is 0 Å². The highest BCUT2D eigenvalue weighted by atomic mass is 79.9. The molecule has 0 saturated carbocycles. The van der Waals surface area contributed by atoms with Crippen LogP contribution in [0.5, 0.6) is 0 Å². The molecule has 0 spiro atoms. The van der Waals surface area contributed by atoms with Crippen molar-refractivity contribution in [3.63, 3.8) is 0 Å². The summed E-state index contributed by atoms with van der Waals surface area (Å²) in [5.41, 5.74) is 2.19. The van der Waals surface area contributed by atoms with E-state index in [2.05, 4.69) is 21.2 Å². The lowest BCUT2D eigenvalue weighted by molar-refractivity contribution is 0.0714. The molecule has 0 bridgehead atoms. The van der Waals surface area contributed by atoms with Gasteiger partial charge in [0.15, 0.2) is 0 Å². The van der Waals surface area contributed by atoms with Gasteiger partial charge in [0.1, 0.15) is 5.82 Å². The van der Waals surface area contributed by atoms with Gasteiger partial charge in [-0.05, 0) is 55.7 Å². The van der Waals surface area contributed by atoms with Crippen LogP contribution in [0.3, 0.4) is 0 Å². The minimum absolute atomic E-state index is 0.0208. The average Bonchev–Trinajstić information content (AvgIpc) is 2.58. The molecular weight excluding hydrogens is 371 g/mol. The number of hydrogen-bond donors (Lipinski definition) is 1. The molecule has 24 heavy (non-hydrogen) atoms. The summed E-state index contributed by atoms with van der Waals surface area (Å²) in [5.74, 6) is -0.233. The number of aryl methyl sites for hydroxylation is 1. The van der Waals surface area contributed by atoms with Crippen molar-refractivity contribution in [2.45, 2.75) is 25.8 Å². The predicted octanol–water partition coefficient (Wildman–Crippen LogP) is 4.61. The van der Waals surface area contributed by atoms with Gasteiger partial charge in [0, 0.05) is 29.2 Å². The molecule has 2 aromatic rings. The largest absolute Gasteiger partial charge is 0.378 e. The van der Waals surface area contributed by atoms with Crippen molar-refractivity contribution in [2.24, 2.45) is 0 Å². The number of nitrogens with zero attached hydrogens (tertiary/aromatic N) is 1. The first-order valence-corrected chi connectivity index (χ1v) is 8.90. The van der Waals surface area contributed by atoms with Gasteiger partial charge in [-0.25, -0.2) is 4.39 Å². The Hall–Kier alpha value is -1.88. The van der Waals surface area contributed by atoms with Gasteiger partial charge < -0.3 is 10.2 Å². The number of rotatable bonds is 3. The van der Waals surface area contributed by atoms with Crippen molar-refractivity contribution >= 4 is 27.5 Å². The number of amides is 1. The number of carbonyl (C=O) groups excluding carboxylic acids is 1. The number of hydrogen-bond acceptors (Lipinski definition) is 2. The van der Waals surface area contributed by atoms with Crippen LogP contribution < -0.4 is 5.32 Å². The molecule has 1 saturated heterocycles. The quantitative estimate of drug-likeness (QED) is 0.829. The topological polar surface area (TPSA) is 32.3 Å². The molecule has 1 atom stereocenters. The second kappa shape index (κ2) is 7.34. The Kier molecular flexibility index (Phi) is 5.19. The van der Waals surface area contributed by atoms with E-state index in [1.807, 2.05) is 42.2 Å². The predicted molar refractivity (Wildman–Crippen MR) is 97.8 cm³/mol. The molecule has 1 fully saturated rings. The third kappa shape index (κ3) is 3.96. The van der Waals surface area contributed by atoms with Crippen molar-refractivity contribution in [1.29, 1.82) is 0 Å². The SMILES string of the molecule is Cc1ccc(F)c(N[C@@H]2CCCN(C(=O)c3cccc(Br)c3)C2)c1. The molecule has 5 heteroatoms. The fraction of sp³-hybridized carbons (Fsp3) is 0.316. The minimum atomic E-state index is -0.254. The number of carbonyl (C=O) groups is 1. The van der Waals surface area contributed by atoms with Crippen molar-refractivity contribution in [3.05, 3.63) is 63.9 Å². The second-order valence-electron chi connectivity index (χ2n) is 6.23. The lowest BCUT2D eigenvalue weighted by atomic mass is 10.0. The van der Waals surface area contributed by atoms with Crippen LogP contribution in [0.15, 0.2) is 46.9 Å². The van der Waals surface area contributed by atoms with E-state index in [9.17, 15) is 9.18 Å². The molecule has 1 amide bonds. The Morgan fingerprint density at radius 1 is 1.29 bits per heavy atom. The van der Waals surface area contributed by atoms with Gasteiger partial charge in [-0.3, -0.25) is 4.79 Å². The van der Waals surface area contributed by atoms with Crippen LogP contribution in [0.1, 0.15) is 28.8 Å². The number of anilines is 1. The Bertz CT molecular complexity index is 750. The van der Waals surface area contributed by atoms with E-state index in [0.29, 0.717) is 17.8 Å². The molecule has 1 aliphatic rings. The second-order valence-corrected chi connectivity index (χ2v) is 7.14. The molecule has 1 aliphatic heterocycles. The molecule has 3 nitrogen and oxygen atoms in total. The Balaban J connectivity index is 1.70. The summed E-state index contributed by atoms with van der Waals surface area (Å²) in [4.78, 5) is 14.5. The molecule has 0 aliphatic carbocycles. The van der Waals surface area contributed by atoms with Crippen LogP contribution in [0.25, 0.3) is 0 Å². The van der Waals surface area contributed by atoms with E-state index in [1.165, 1.54) is 6.07 Å². The molecule has 0 aromatic heterocycles. The highest BCUT2D eigenvalue weighted by Gasteiger charge is 2.25. The number of likely N-dealkylation sites (tertiary alicyclic amines) is 1. The van der Waals surface area contributed by atoms with Gasteiger partial charge in [-0.1, -0.05) is 28.1 Å². The highest BCUT2D eigenvalue weighted by Crippen LogP contribution is 2.22. The zero-order valence-corrected chi connectivity index (χ0v) is 15.1. The van der Waals surface area contributed by atoms with Crippen molar-refractivity contribution in [2.75, 3.05) is 18.4 Å². The molecule has 3 rings (SSSR count). The number of halogens is 2. The fourth-order valence-corrected chi connectivity index (χ4v) is 3.45. The maximum atomic E-state index is 13.9. The lowest BCUT2D eigenvalue weighted by Gasteiger charge is -2.34. The third-order valence-electron chi connectivity index (χ3n) is 4.26. The summed E-state index contributed by atoms with van der Waals surface area (Å²) in [6, 6.07) is 12.5. The van der Waals surface area contributed by atoms with Gasteiger partial charge in [0.05, 0.1) is 5.69 Å². The van der Waals surface area contributed by atoms with E-state index in [0.717, 1.165) is 29.4 Å². The summed E-state index contributed by atoms with van der Waals surface area (Å²) in [7, 11) is 0. The fourth-order valence-electron chi connectivity index (χ4n) is 3.05. The number of nitrogens with one attached hydrogen (secondary N) is 1. The van der Waals surface area contributed by atoms with Crippen LogP contribution in [0.2, 0.25) is 0 Å². The Morgan fingerprint density at radius 2 is 2.12 bits per heavy atom. The van der Waals surface area contributed by atoms with Gasteiger partial charge in [0.25, 0.3) is 5.91 Å². The van der Waals surface area contributed by atoms with Crippen LogP contribution in [-0.4, -0.2) is 29.9 Å². The smallest absolute Gasteiger partial charge is 0.253 e. The maximum Gasteiger partial charge on any atom is 0.253 e. The van der Waals surface area contributed by atoms with Crippen LogP contribution in [0, 0.1) is 12.7 Å². The molecular formula is C19H20BrFN2O. The molecule has 0 unspecified atom stereocenters. The van der Waals surface area contributed by atoms with Crippen molar-refractivity contribution < 1.29 is 9.18 Å². The van der Waals surface area contributed by atoms with Crippen molar-refractivity contribution in [3.8, 4) is 0 Å². The summed E-state index contributed by atoms with van der Waals surface area (Å²) >= 11 is 3.40. The van der Waals surface area contributed by atoms with E-state index in [1.54, 1.807) is 6.07 Å². The normalized spacial score (nSPS) is 17.6. The highest BCUT2D eigenvalue weighted by molar-refractivity contribution is 9.10. The number of benzene rings is 2.